The van der Waals surface area contributed by atoms with Gasteiger partial charge in [0.2, 0.25) is 5.91 Å². The molecule has 4 rings (SSSR count). The average molecular weight is 446 g/mol. The highest BCUT2D eigenvalue weighted by Crippen LogP contribution is 2.36. The van der Waals surface area contributed by atoms with E-state index >= 15 is 0 Å². The molecule has 2 atom stereocenters. The topological polar surface area (TPSA) is 56.1 Å². The number of carbonyl (C=O) groups excluding carboxylic acids is 1. The van der Waals surface area contributed by atoms with Crippen molar-refractivity contribution < 1.29 is 9.90 Å². The van der Waals surface area contributed by atoms with Gasteiger partial charge in [0.1, 0.15) is 6.67 Å². The van der Waals surface area contributed by atoms with Gasteiger partial charge < -0.3 is 14.9 Å². The summed E-state index contributed by atoms with van der Waals surface area (Å²) in [5.41, 5.74) is 2.00. The molecule has 0 saturated carbocycles. The number of amides is 1. The van der Waals surface area contributed by atoms with Crippen molar-refractivity contribution in [1.29, 1.82) is 0 Å². The molecule has 2 aliphatic rings. The van der Waals surface area contributed by atoms with Gasteiger partial charge in [-0.15, -0.1) is 0 Å². The molecular formula is C28H35N3O2. The second-order valence-electron chi connectivity index (χ2n) is 10.1. The van der Waals surface area contributed by atoms with Crippen LogP contribution in [0.4, 0.5) is 0 Å². The van der Waals surface area contributed by atoms with Gasteiger partial charge >= 0.3 is 0 Å². The largest absolute Gasteiger partial charge is 0.388 e. The summed E-state index contributed by atoms with van der Waals surface area (Å²) in [6.45, 7) is 7.86. The quantitative estimate of drug-likeness (QED) is 0.708. The minimum atomic E-state index is -0.852. The molecule has 2 heterocycles. The molecule has 2 aromatic rings. The second kappa shape index (κ2) is 9.52. The van der Waals surface area contributed by atoms with Gasteiger partial charge in [-0.05, 0) is 43.4 Å². The summed E-state index contributed by atoms with van der Waals surface area (Å²) < 4.78 is 0. The Morgan fingerprint density at radius 2 is 1.76 bits per heavy atom. The number of β-amino-alcohol motifs (C(OH)–C–C–N with tert-alkyl or cyclic N) is 1. The van der Waals surface area contributed by atoms with Crippen molar-refractivity contribution >= 4 is 11.6 Å². The highest BCUT2D eigenvalue weighted by molar-refractivity contribution is 6.08. The van der Waals surface area contributed by atoms with Gasteiger partial charge in [0.05, 0.1) is 11.3 Å². The molecule has 0 aromatic heterocycles. The Balaban J connectivity index is 1.35. The molecule has 1 amide bonds. The first-order valence-corrected chi connectivity index (χ1v) is 11.9. The van der Waals surface area contributed by atoms with Crippen molar-refractivity contribution in [3.63, 3.8) is 0 Å². The first kappa shape index (κ1) is 23.2. The third-order valence-electron chi connectivity index (χ3n) is 6.88. The number of likely N-dealkylation sites (tertiary alicyclic amines) is 1. The summed E-state index contributed by atoms with van der Waals surface area (Å²) in [6, 6.07) is 20.3. The summed E-state index contributed by atoms with van der Waals surface area (Å²) in [6.07, 6.45) is 5.64. The Bertz CT molecular complexity index is 1020. The van der Waals surface area contributed by atoms with Crippen LogP contribution in [0.5, 0.6) is 0 Å². The molecule has 0 bridgehead atoms. The van der Waals surface area contributed by atoms with E-state index in [9.17, 15) is 9.90 Å². The lowest BCUT2D eigenvalue weighted by atomic mass is 9.78. The van der Waals surface area contributed by atoms with Crippen LogP contribution in [-0.4, -0.2) is 57.4 Å². The predicted octanol–water partition coefficient (Wildman–Crippen LogP) is 4.59. The minimum Gasteiger partial charge on any atom is -0.388 e. The van der Waals surface area contributed by atoms with Crippen molar-refractivity contribution in [1.82, 2.24) is 9.80 Å². The molecule has 0 radical (unpaired) electrons. The fourth-order valence-corrected chi connectivity index (χ4v) is 5.20. The highest BCUT2D eigenvalue weighted by atomic mass is 16.3. The molecule has 5 nitrogen and oxygen atoms in total. The normalized spacial score (nSPS) is 23.2. The summed E-state index contributed by atoms with van der Waals surface area (Å²) in [7, 11) is 0. The first-order chi connectivity index (χ1) is 15.8. The van der Waals surface area contributed by atoms with Crippen LogP contribution in [-0.2, 0) is 4.79 Å². The number of aliphatic imine (C=N–C) groups is 1. The van der Waals surface area contributed by atoms with E-state index in [0.717, 1.165) is 11.3 Å². The smallest absolute Gasteiger partial charge is 0.223 e. The Hall–Kier alpha value is -2.92. The molecule has 2 aromatic carbocycles. The minimum absolute atomic E-state index is 0.161. The summed E-state index contributed by atoms with van der Waals surface area (Å²) in [5.74, 6) is 0.332. The Kier molecular flexibility index (Phi) is 6.71. The number of carbonyl (C=O) groups is 1. The van der Waals surface area contributed by atoms with Crippen LogP contribution in [0.15, 0.2) is 77.9 Å². The summed E-state index contributed by atoms with van der Waals surface area (Å²) in [4.78, 5) is 21.9. The zero-order valence-electron chi connectivity index (χ0n) is 19.9. The number of aliphatic hydroxyl groups is 1. The SMILES string of the molecule is CC(CC(=O)N1CC[C@](O)(CN2C=CC(c3ccccc3)=NC2)CC1(C)C)c1ccccc1. The molecule has 2 aliphatic heterocycles. The fraction of sp³-hybridized carbons (Fsp3) is 0.429. The molecule has 174 valence electrons. The third-order valence-corrected chi connectivity index (χ3v) is 6.88. The lowest BCUT2D eigenvalue weighted by Gasteiger charge is -2.50. The molecule has 1 N–H and O–H groups in total. The molecule has 5 heteroatoms. The lowest BCUT2D eigenvalue weighted by molar-refractivity contribution is -0.148. The van der Waals surface area contributed by atoms with Crippen LogP contribution in [0.2, 0.25) is 0 Å². The van der Waals surface area contributed by atoms with Crippen molar-refractivity contribution in [2.45, 2.75) is 57.1 Å². The highest BCUT2D eigenvalue weighted by Gasteiger charge is 2.45. The van der Waals surface area contributed by atoms with Gasteiger partial charge in [-0.3, -0.25) is 9.79 Å². The number of piperidine rings is 1. The molecule has 1 fully saturated rings. The number of rotatable bonds is 6. The average Bonchev–Trinajstić information content (AvgIpc) is 2.79. The zero-order valence-corrected chi connectivity index (χ0v) is 19.9. The van der Waals surface area contributed by atoms with E-state index in [1.165, 1.54) is 5.56 Å². The number of benzene rings is 2. The maximum absolute atomic E-state index is 13.2. The maximum atomic E-state index is 13.2. The number of nitrogens with zero attached hydrogens (tertiary/aromatic N) is 3. The number of allylic oxidation sites excluding steroid dienone is 1. The summed E-state index contributed by atoms with van der Waals surface area (Å²) in [5, 5.41) is 11.4. The van der Waals surface area contributed by atoms with Crippen LogP contribution in [0.3, 0.4) is 0 Å². The zero-order chi connectivity index (χ0) is 23.5. The van der Waals surface area contributed by atoms with E-state index in [-0.39, 0.29) is 11.8 Å². The van der Waals surface area contributed by atoms with Gasteiger partial charge in [0.25, 0.3) is 0 Å². The van der Waals surface area contributed by atoms with Crippen molar-refractivity contribution in [3.8, 4) is 0 Å². The Morgan fingerprint density at radius 3 is 2.36 bits per heavy atom. The lowest BCUT2D eigenvalue weighted by Crippen LogP contribution is -2.60. The second-order valence-corrected chi connectivity index (χ2v) is 10.1. The van der Waals surface area contributed by atoms with E-state index in [0.29, 0.717) is 39.0 Å². The third kappa shape index (κ3) is 5.53. The molecule has 1 saturated heterocycles. The van der Waals surface area contributed by atoms with Gasteiger partial charge in [0, 0.05) is 37.7 Å². The van der Waals surface area contributed by atoms with Gasteiger partial charge in [-0.25, -0.2) is 0 Å². The predicted molar refractivity (Wildman–Crippen MR) is 133 cm³/mol. The molecule has 0 spiro atoms. The van der Waals surface area contributed by atoms with Crippen molar-refractivity contribution in [2.24, 2.45) is 4.99 Å². The van der Waals surface area contributed by atoms with Gasteiger partial charge in [-0.2, -0.15) is 0 Å². The van der Waals surface area contributed by atoms with Crippen LogP contribution >= 0.6 is 0 Å². The van der Waals surface area contributed by atoms with Gasteiger partial charge in [-0.1, -0.05) is 67.6 Å². The fourth-order valence-electron chi connectivity index (χ4n) is 5.20. The van der Waals surface area contributed by atoms with E-state index < -0.39 is 11.1 Å². The molecule has 1 unspecified atom stereocenters. The van der Waals surface area contributed by atoms with E-state index in [1.807, 2.05) is 53.6 Å². The first-order valence-electron chi connectivity index (χ1n) is 11.9. The van der Waals surface area contributed by atoms with Crippen LogP contribution < -0.4 is 0 Å². The monoisotopic (exact) mass is 445 g/mol. The van der Waals surface area contributed by atoms with E-state index in [1.54, 1.807) is 0 Å². The van der Waals surface area contributed by atoms with Crippen molar-refractivity contribution in [3.05, 3.63) is 84.1 Å². The molecule has 33 heavy (non-hydrogen) atoms. The van der Waals surface area contributed by atoms with Crippen LogP contribution in [0, 0.1) is 0 Å². The van der Waals surface area contributed by atoms with Crippen LogP contribution in [0.25, 0.3) is 0 Å². The number of hydrogen-bond acceptors (Lipinski definition) is 4. The standard InChI is InChI=1S/C28H35N3O2/c1-22(23-10-6-4-7-11-23)18-26(32)31-17-15-28(33,19-27(31,2)3)20-30-16-14-25(29-21-30)24-12-8-5-9-13-24/h4-14,16,22,33H,15,17-21H2,1-3H3/t22?,28-/m1/s1. The maximum Gasteiger partial charge on any atom is 0.223 e. The Morgan fingerprint density at radius 1 is 1.09 bits per heavy atom. The number of hydrogen-bond donors (Lipinski definition) is 1. The van der Waals surface area contributed by atoms with Crippen molar-refractivity contribution in [2.75, 3.05) is 19.8 Å². The summed E-state index contributed by atoms with van der Waals surface area (Å²) >= 11 is 0. The molecule has 0 aliphatic carbocycles. The van der Waals surface area contributed by atoms with E-state index in [2.05, 4.69) is 49.9 Å². The Labute approximate surface area is 197 Å². The van der Waals surface area contributed by atoms with Gasteiger partial charge in [0.15, 0.2) is 0 Å². The van der Waals surface area contributed by atoms with E-state index in [4.69, 9.17) is 4.99 Å². The molecular weight excluding hydrogens is 410 g/mol. The van der Waals surface area contributed by atoms with Crippen LogP contribution in [0.1, 0.15) is 57.1 Å².